The summed E-state index contributed by atoms with van der Waals surface area (Å²) in [5, 5.41) is 5.36. The van der Waals surface area contributed by atoms with E-state index < -0.39 is 0 Å². The van der Waals surface area contributed by atoms with Crippen LogP contribution in [0.1, 0.15) is 18.1 Å². The molecule has 0 aromatic heterocycles. The quantitative estimate of drug-likeness (QED) is 0.359. The average Bonchev–Trinajstić information content (AvgIpc) is 2.68. The van der Waals surface area contributed by atoms with Gasteiger partial charge in [0.25, 0.3) is 0 Å². The number of likely N-dealkylation sites (N-methyl/N-ethyl adjacent to an activating group) is 1. The van der Waals surface area contributed by atoms with Gasteiger partial charge < -0.3 is 21.1 Å². The first-order valence-electron chi connectivity index (χ1n) is 8.97. The van der Waals surface area contributed by atoms with Gasteiger partial charge in [-0.3, -0.25) is 5.41 Å². The Hall–Kier alpha value is -3.12. The zero-order valence-electron chi connectivity index (χ0n) is 16.0. The Morgan fingerprint density at radius 3 is 2.56 bits per heavy atom. The molecule has 2 aromatic rings. The van der Waals surface area contributed by atoms with E-state index in [1.807, 2.05) is 48.7 Å². The fourth-order valence-electron chi connectivity index (χ4n) is 2.39. The molecule has 7 N–H and O–H groups in total. The van der Waals surface area contributed by atoms with E-state index in [1.165, 1.54) is 6.21 Å². The number of ether oxygens (including phenoxy) is 1. The molecule has 0 amide bonds. The van der Waals surface area contributed by atoms with Gasteiger partial charge in [-0.1, -0.05) is 6.92 Å². The summed E-state index contributed by atoms with van der Waals surface area (Å²) in [6, 6.07) is 13.1. The number of nitrogens with two attached hydrogens (primary N) is 3. The van der Waals surface area contributed by atoms with Crippen molar-refractivity contribution in [2.24, 2.45) is 5.73 Å². The van der Waals surface area contributed by atoms with E-state index in [0.29, 0.717) is 11.4 Å². The number of benzene rings is 2. The zero-order chi connectivity index (χ0) is 19.6. The third-order valence-electron chi connectivity index (χ3n) is 4.19. The Morgan fingerprint density at radius 2 is 1.89 bits per heavy atom. The van der Waals surface area contributed by atoms with Crippen LogP contribution in [0.3, 0.4) is 0 Å². The average molecular weight is 367 g/mol. The Balaban J connectivity index is 2.06. The second kappa shape index (κ2) is 10.1. The molecule has 0 radical (unpaired) electrons. The van der Waals surface area contributed by atoms with Crippen molar-refractivity contribution in [3.05, 3.63) is 59.7 Å². The second-order valence-corrected chi connectivity index (χ2v) is 6.23. The summed E-state index contributed by atoms with van der Waals surface area (Å²) in [6.07, 6.45) is 4.99. The van der Waals surface area contributed by atoms with Crippen LogP contribution in [-0.2, 0) is 0 Å². The van der Waals surface area contributed by atoms with E-state index in [2.05, 4.69) is 23.9 Å². The van der Waals surface area contributed by atoms with Crippen molar-refractivity contribution in [1.29, 1.82) is 0 Å². The molecule has 0 bridgehead atoms. The molecule has 0 aliphatic carbocycles. The van der Waals surface area contributed by atoms with E-state index >= 15 is 0 Å². The molecule has 142 valence electrons. The van der Waals surface area contributed by atoms with E-state index in [0.717, 1.165) is 42.3 Å². The third-order valence-corrected chi connectivity index (χ3v) is 4.19. The molecule has 0 atom stereocenters. The largest absolute Gasteiger partial charge is 0.457 e. The molecule has 6 heteroatoms. The Morgan fingerprint density at radius 1 is 1.19 bits per heavy atom. The maximum atomic E-state index is 6.06. The van der Waals surface area contributed by atoms with Crippen molar-refractivity contribution >= 4 is 23.8 Å². The van der Waals surface area contributed by atoms with Gasteiger partial charge in [-0.2, -0.15) is 0 Å². The molecule has 0 unspecified atom stereocenters. The van der Waals surface area contributed by atoms with E-state index in [1.54, 1.807) is 6.08 Å². The van der Waals surface area contributed by atoms with Gasteiger partial charge in [-0.25, -0.2) is 4.99 Å². The van der Waals surface area contributed by atoms with Crippen molar-refractivity contribution in [2.45, 2.75) is 6.92 Å². The highest BCUT2D eigenvalue weighted by Crippen LogP contribution is 2.25. The highest BCUT2D eigenvalue weighted by atomic mass is 16.5. The molecule has 6 nitrogen and oxygen atoms in total. The first kappa shape index (κ1) is 20.2. The lowest BCUT2D eigenvalue weighted by molar-refractivity contribution is -0.451. The summed E-state index contributed by atoms with van der Waals surface area (Å²) in [5.41, 5.74) is 15.1. The summed E-state index contributed by atoms with van der Waals surface area (Å²) < 4.78 is 5.93. The zero-order valence-corrected chi connectivity index (χ0v) is 16.0. The fourth-order valence-corrected chi connectivity index (χ4v) is 2.39. The first-order chi connectivity index (χ1) is 13.0. The predicted octanol–water partition coefficient (Wildman–Crippen LogP) is -0.358. The number of hydrogen-bond donors (Lipinski definition) is 4. The topological polar surface area (TPSA) is 104 Å². The van der Waals surface area contributed by atoms with Crippen LogP contribution in [0.4, 0.5) is 5.69 Å². The molecule has 0 aliphatic rings. The van der Waals surface area contributed by atoms with Crippen LogP contribution in [0.5, 0.6) is 11.5 Å². The number of anilines is 1. The number of nitrogen functional groups attached to an aromatic ring is 1. The van der Waals surface area contributed by atoms with Crippen LogP contribution in [0.2, 0.25) is 0 Å². The van der Waals surface area contributed by atoms with Crippen molar-refractivity contribution in [2.75, 3.05) is 32.4 Å². The Labute approximate surface area is 160 Å². The normalized spacial score (nSPS) is 11.9. The number of rotatable bonds is 9. The molecule has 27 heavy (non-hydrogen) atoms. The smallest absolute Gasteiger partial charge is 0.171 e. The summed E-state index contributed by atoms with van der Waals surface area (Å²) in [5.74, 6) is 1.44. The molecular formula is C21H29N5O+2. The minimum Gasteiger partial charge on any atom is -0.457 e. The van der Waals surface area contributed by atoms with Gasteiger partial charge in [0.2, 0.25) is 0 Å². The van der Waals surface area contributed by atoms with Gasteiger partial charge in [0.05, 0.1) is 12.1 Å². The molecule has 0 spiro atoms. The van der Waals surface area contributed by atoms with Gasteiger partial charge >= 0.3 is 0 Å². The maximum absolute atomic E-state index is 6.06. The first-order valence-corrected chi connectivity index (χ1v) is 8.97. The monoisotopic (exact) mass is 367 g/mol. The van der Waals surface area contributed by atoms with Gasteiger partial charge in [0.15, 0.2) is 19.0 Å². The van der Waals surface area contributed by atoms with Crippen LogP contribution >= 0.6 is 0 Å². The molecule has 0 heterocycles. The lowest BCUT2D eigenvalue weighted by Crippen LogP contribution is -2.71. The molecule has 0 fully saturated rings. The molecule has 0 aliphatic heterocycles. The highest BCUT2D eigenvalue weighted by molar-refractivity contribution is 5.84. The SMILES string of the molecule is CCN(C)CC[NH+]=Cc1cc(Oc2ccc(/C(N)=C/C=[NH2+])cc2)ccc1N. The lowest BCUT2D eigenvalue weighted by atomic mass is 10.1. The highest BCUT2D eigenvalue weighted by Gasteiger charge is 2.05. The molecule has 0 saturated heterocycles. The van der Waals surface area contributed by atoms with Gasteiger partial charge in [-0.05, 0) is 61.6 Å². The number of allylic oxidation sites excluding steroid dienone is 1. The van der Waals surface area contributed by atoms with Gasteiger partial charge in [0, 0.05) is 17.5 Å². The number of nitrogens with zero attached hydrogens (tertiary/aromatic N) is 1. The maximum Gasteiger partial charge on any atom is 0.171 e. The van der Waals surface area contributed by atoms with Crippen molar-refractivity contribution in [3.8, 4) is 11.5 Å². The standard InChI is InChI=1S/C21H27N5O/c1-3-26(2)13-12-25-15-17-14-19(8-9-20(17)23)27-18-6-4-16(5-7-18)21(24)10-11-22/h4-11,14-15,22H,3,12-13,23-24H2,1-2H3/p+2/b21-10-,22-11?,25-15?. The van der Waals surface area contributed by atoms with Crippen LogP contribution in [-0.4, -0.2) is 44.0 Å². The fraction of sp³-hybridized carbons (Fsp3) is 0.238. The summed E-state index contributed by atoms with van der Waals surface area (Å²) in [7, 11) is 2.09. The van der Waals surface area contributed by atoms with Gasteiger partial charge in [0.1, 0.15) is 11.5 Å². The van der Waals surface area contributed by atoms with E-state index in [4.69, 9.17) is 21.6 Å². The lowest BCUT2D eigenvalue weighted by Gasteiger charge is -2.09. The summed E-state index contributed by atoms with van der Waals surface area (Å²) >= 11 is 0. The minimum atomic E-state index is 0.605. The number of nitrogens with one attached hydrogen (secondary N) is 1. The number of hydrogen-bond acceptors (Lipinski definition) is 4. The van der Waals surface area contributed by atoms with Crippen molar-refractivity contribution in [1.82, 2.24) is 4.90 Å². The molecule has 0 saturated carbocycles. The van der Waals surface area contributed by atoms with E-state index in [-0.39, 0.29) is 0 Å². The Bertz CT molecular complexity index is 812. The van der Waals surface area contributed by atoms with Crippen LogP contribution in [0.25, 0.3) is 5.70 Å². The van der Waals surface area contributed by atoms with Crippen LogP contribution in [0, 0.1) is 0 Å². The molecule has 2 aromatic carbocycles. The third kappa shape index (κ3) is 6.27. The van der Waals surface area contributed by atoms with Gasteiger partial charge in [-0.15, -0.1) is 0 Å². The van der Waals surface area contributed by atoms with Crippen LogP contribution in [0.15, 0.2) is 48.5 Å². The Kier molecular flexibility index (Phi) is 7.58. The van der Waals surface area contributed by atoms with Crippen molar-refractivity contribution in [3.63, 3.8) is 0 Å². The predicted molar refractivity (Wildman–Crippen MR) is 112 cm³/mol. The second-order valence-electron chi connectivity index (χ2n) is 6.23. The minimum absolute atomic E-state index is 0.605. The summed E-state index contributed by atoms with van der Waals surface area (Å²) in [6.45, 7) is 4.98. The van der Waals surface area contributed by atoms with Crippen LogP contribution < -0.4 is 26.6 Å². The van der Waals surface area contributed by atoms with E-state index in [9.17, 15) is 0 Å². The molecule has 2 rings (SSSR count). The molecular weight excluding hydrogens is 338 g/mol. The van der Waals surface area contributed by atoms with Crippen molar-refractivity contribution < 1.29 is 15.1 Å². The summed E-state index contributed by atoms with van der Waals surface area (Å²) in [4.78, 5) is 5.53.